The zero-order valence-electron chi connectivity index (χ0n) is 9.52. The molecule has 88 valence electrons. The Morgan fingerprint density at radius 2 is 2.00 bits per heavy atom. The second-order valence-electron chi connectivity index (χ2n) is 3.77. The van der Waals surface area contributed by atoms with Crippen LogP contribution in [0.2, 0.25) is 0 Å². The highest BCUT2D eigenvalue weighted by Crippen LogP contribution is 2.01. The standard InChI is InChI=1S/C13H20N2O/c14-13(8-4-5-9-16)11-15-10-12-6-2-1-3-7-12/h1-3,6-7,11,15-16H,4-5,8-10,14H2/b13-11-. The molecule has 0 amide bonds. The zero-order chi connectivity index (χ0) is 11.6. The van der Waals surface area contributed by atoms with Gasteiger partial charge in [-0.05, 0) is 24.8 Å². The van der Waals surface area contributed by atoms with E-state index in [1.54, 1.807) is 0 Å². The third kappa shape index (κ3) is 5.41. The smallest absolute Gasteiger partial charge is 0.0431 e. The van der Waals surface area contributed by atoms with Gasteiger partial charge in [0.2, 0.25) is 0 Å². The van der Waals surface area contributed by atoms with Crippen molar-refractivity contribution in [3.05, 3.63) is 47.8 Å². The fourth-order valence-electron chi connectivity index (χ4n) is 1.41. The minimum absolute atomic E-state index is 0.241. The summed E-state index contributed by atoms with van der Waals surface area (Å²) in [5, 5.41) is 11.8. The molecule has 0 atom stereocenters. The quantitative estimate of drug-likeness (QED) is 0.613. The molecule has 0 heterocycles. The van der Waals surface area contributed by atoms with Crippen molar-refractivity contribution in [3.8, 4) is 0 Å². The number of nitrogens with two attached hydrogens (primary N) is 1. The van der Waals surface area contributed by atoms with Gasteiger partial charge in [-0.2, -0.15) is 0 Å². The van der Waals surface area contributed by atoms with Gasteiger partial charge in [-0.25, -0.2) is 0 Å². The first-order valence-electron chi connectivity index (χ1n) is 5.65. The SMILES string of the molecule is N/C(=C\NCc1ccccc1)CCCCO. The van der Waals surface area contributed by atoms with Crippen LogP contribution < -0.4 is 11.1 Å². The first kappa shape index (κ1) is 12.6. The molecule has 1 rings (SSSR count). The van der Waals surface area contributed by atoms with Crippen LogP contribution in [-0.4, -0.2) is 11.7 Å². The fraction of sp³-hybridized carbons (Fsp3) is 0.385. The average Bonchev–Trinajstić information content (AvgIpc) is 2.31. The molecule has 4 N–H and O–H groups in total. The Labute approximate surface area is 97.0 Å². The van der Waals surface area contributed by atoms with Crippen molar-refractivity contribution in [1.82, 2.24) is 5.32 Å². The summed E-state index contributed by atoms with van der Waals surface area (Å²) in [4.78, 5) is 0. The molecule has 3 nitrogen and oxygen atoms in total. The van der Waals surface area contributed by atoms with Gasteiger partial charge >= 0.3 is 0 Å². The van der Waals surface area contributed by atoms with Crippen molar-refractivity contribution in [2.75, 3.05) is 6.61 Å². The molecule has 0 saturated carbocycles. The van der Waals surface area contributed by atoms with E-state index in [0.717, 1.165) is 31.5 Å². The van der Waals surface area contributed by atoms with Crippen molar-refractivity contribution in [1.29, 1.82) is 0 Å². The largest absolute Gasteiger partial charge is 0.401 e. The van der Waals surface area contributed by atoms with Gasteiger partial charge in [0.15, 0.2) is 0 Å². The number of benzene rings is 1. The molecular weight excluding hydrogens is 200 g/mol. The molecule has 0 bridgehead atoms. The first-order chi connectivity index (χ1) is 7.83. The van der Waals surface area contributed by atoms with E-state index in [-0.39, 0.29) is 6.61 Å². The van der Waals surface area contributed by atoms with Crippen molar-refractivity contribution in [3.63, 3.8) is 0 Å². The third-order valence-electron chi connectivity index (χ3n) is 2.31. The van der Waals surface area contributed by atoms with Gasteiger partial charge in [0, 0.05) is 25.0 Å². The molecule has 0 aliphatic carbocycles. The van der Waals surface area contributed by atoms with E-state index in [1.165, 1.54) is 5.56 Å². The fourth-order valence-corrected chi connectivity index (χ4v) is 1.41. The van der Waals surface area contributed by atoms with Gasteiger partial charge in [-0.15, -0.1) is 0 Å². The van der Waals surface area contributed by atoms with Crippen LogP contribution in [0.3, 0.4) is 0 Å². The monoisotopic (exact) mass is 220 g/mol. The van der Waals surface area contributed by atoms with Crippen LogP contribution in [0.1, 0.15) is 24.8 Å². The van der Waals surface area contributed by atoms with Gasteiger partial charge in [-0.1, -0.05) is 30.3 Å². The van der Waals surface area contributed by atoms with E-state index in [0.29, 0.717) is 0 Å². The number of hydrogen-bond acceptors (Lipinski definition) is 3. The highest BCUT2D eigenvalue weighted by Gasteiger charge is 1.92. The van der Waals surface area contributed by atoms with E-state index in [4.69, 9.17) is 10.8 Å². The Morgan fingerprint density at radius 1 is 1.25 bits per heavy atom. The maximum Gasteiger partial charge on any atom is 0.0431 e. The maximum atomic E-state index is 8.63. The molecule has 0 fully saturated rings. The minimum Gasteiger partial charge on any atom is -0.401 e. The number of allylic oxidation sites excluding steroid dienone is 1. The topological polar surface area (TPSA) is 58.3 Å². The summed E-state index contributed by atoms with van der Waals surface area (Å²) in [7, 11) is 0. The molecule has 1 aromatic rings. The van der Waals surface area contributed by atoms with E-state index >= 15 is 0 Å². The molecule has 0 spiro atoms. The minimum atomic E-state index is 0.241. The molecular formula is C13H20N2O. The summed E-state index contributed by atoms with van der Waals surface area (Å²) in [5.41, 5.74) is 7.87. The number of aliphatic hydroxyl groups excluding tert-OH is 1. The molecule has 0 radical (unpaired) electrons. The predicted molar refractivity (Wildman–Crippen MR) is 66.5 cm³/mol. The molecule has 0 aliphatic heterocycles. The highest BCUT2D eigenvalue weighted by molar-refractivity contribution is 5.14. The lowest BCUT2D eigenvalue weighted by atomic mass is 10.2. The van der Waals surface area contributed by atoms with Gasteiger partial charge in [-0.3, -0.25) is 0 Å². The van der Waals surface area contributed by atoms with Crippen LogP contribution >= 0.6 is 0 Å². The Kier molecular flexibility index (Phi) is 6.11. The highest BCUT2D eigenvalue weighted by atomic mass is 16.2. The van der Waals surface area contributed by atoms with Crippen molar-refractivity contribution in [2.24, 2.45) is 5.73 Å². The number of unbranched alkanes of at least 4 members (excludes halogenated alkanes) is 1. The van der Waals surface area contributed by atoms with E-state index < -0.39 is 0 Å². The second kappa shape index (κ2) is 7.77. The van der Waals surface area contributed by atoms with Crippen LogP contribution in [0.5, 0.6) is 0 Å². The Bertz CT molecular complexity index is 309. The number of hydrogen-bond donors (Lipinski definition) is 3. The zero-order valence-corrected chi connectivity index (χ0v) is 9.52. The lowest BCUT2D eigenvalue weighted by molar-refractivity contribution is 0.284. The third-order valence-corrected chi connectivity index (χ3v) is 2.31. The van der Waals surface area contributed by atoms with E-state index in [2.05, 4.69) is 17.4 Å². The van der Waals surface area contributed by atoms with Crippen LogP contribution in [0.4, 0.5) is 0 Å². The van der Waals surface area contributed by atoms with Crippen LogP contribution in [0.25, 0.3) is 0 Å². The molecule has 1 aromatic carbocycles. The molecule has 16 heavy (non-hydrogen) atoms. The molecule has 0 aromatic heterocycles. The number of aliphatic hydroxyl groups is 1. The van der Waals surface area contributed by atoms with Gasteiger partial charge in [0.05, 0.1) is 0 Å². The van der Waals surface area contributed by atoms with Crippen molar-refractivity contribution in [2.45, 2.75) is 25.8 Å². The summed E-state index contributed by atoms with van der Waals surface area (Å²) in [5.74, 6) is 0. The van der Waals surface area contributed by atoms with Crippen molar-refractivity contribution >= 4 is 0 Å². The predicted octanol–water partition coefficient (Wildman–Crippen LogP) is 1.74. The second-order valence-corrected chi connectivity index (χ2v) is 3.77. The normalized spacial score (nSPS) is 11.4. The van der Waals surface area contributed by atoms with Crippen LogP contribution in [-0.2, 0) is 6.54 Å². The summed E-state index contributed by atoms with van der Waals surface area (Å²) >= 11 is 0. The lowest BCUT2D eigenvalue weighted by Crippen LogP contribution is -2.09. The Balaban J connectivity index is 2.20. The van der Waals surface area contributed by atoms with E-state index in [1.807, 2.05) is 24.4 Å². The van der Waals surface area contributed by atoms with Crippen LogP contribution in [0.15, 0.2) is 42.2 Å². The lowest BCUT2D eigenvalue weighted by Gasteiger charge is -2.04. The van der Waals surface area contributed by atoms with E-state index in [9.17, 15) is 0 Å². The summed E-state index contributed by atoms with van der Waals surface area (Å²) in [6, 6.07) is 10.2. The molecule has 0 unspecified atom stereocenters. The van der Waals surface area contributed by atoms with Crippen LogP contribution in [0, 0.1) is 0 Å². The first-order valence-corrected chi connectivity index (χ1v) is 5.65. The van der Waals surface area contributed by atoms with Gasteiger partial charge < -0.3 is 16.2 Å². The summed E-state index contributed by atoms with van der Waals surface area (Å²) < 4.78 is 0. The Morgan fingerprint density at radius 3 is 2.69 bits per heavy atom. The summed E-state index contributed by atoms with van der Waals surface area (Å²) in [6.07, 6.45) is 4.44. The van der Waals surface area contributed by atoms with Crippen molar-refractivity contribution < 1.29 is 5.11 Å². The molecule has 0 saturated heterocycles. The average molecular weight is 220 g/mol. The van der Waals surface area contributed by atoms with Gasteiger partial charge in [0.25, 0.3) is 0 Å². The van der Waals surface area contributed by atoms with Gasteiger partial charge in [0.1, 0.15) is 0 Å². The number of nitrogens with one attached hydrogen (secondary N) is 1. The Hall–Kier alpha value is -1.48. The maximum absolute atomic E-state index is 8.63. The molecule has 0 aliphatic rings. The number of rotatable bonds is 7. The summed E-state index contributed by atoms with van der Waals surface area (Å²) in [6.45, 7) is 1.03. The molecule has 3 heteroatoms.